The first-order valence-corrected chi connectivity index (χ1v) is 6.10. The van der Waals surface area contributed by atoms with Crippen LogP contribution in [0.15, 0.2) is 41.1 Å². The molecule has 3 nitrogen and oxygen atoms in total. The fourth-order valence-electron chi connectivity index (χ4n) is 1.65. The first-order chi connectivity index (χ1) is 8.61. The number of nitrogens with zero attached hydrogens (tertiary/aromatic N) is 1. The van der Waals surface area contributed by atoms with Gasteiger partial charge in [0, 0.05) is 16.2 Å². The molecule has 0 aliphatic carbocycles. The van der Waals surface area contributed by atoms with Gasteiger partial charge in [0.1, 0.15) is 11.6 Å². The molecule has 0 radical (unpaired) electrons. The van der Waals surface area contributed by atoms with Crippen molar-refractivity contribution in [2.24, 2.45) is 5.73 Å². The maximum atomic E-state index is 13.7. The molecule has 0 saturated carbocycles. The maximum Gasteiger partial charge on any atom is 0.137 e. The zero-order chi connectivity index (χ0) is 13.1. The molecule has 2 aromatic rings. The smallest absolute Gasteiger partial charge is 0.137 e. The van der Waals surface area contributed by atoms with Crippen LogP contribution in [0.5, 0.6) is 5.75 Å². The van der Waals surface area contributed by atoms with Gasteiger partial charge in [-0.25, -0.2) is 4.39 Å². The quantitative estimate of drug-likeness (QED) is 0.948. The third kappa shape index (κ3) is 2.68. The van der Waals surface area contributed by atoms with Crippen LogP contribution in [-0.4, -0.2) is 12.1 Å². The molecule has 1 aromatic carbocycles. The molecule has 0 spiro atoms. The Labute approximate surface area is 113 Å². The van der Waals surface area contributed by atoms with E-state index in [1.54, 1.807) is 37.7 Å². The van der Waals surface area contributed by atoms with Gasteiger partial charge in [0.15, 0.2) is 0 Å². The average Bonchev–Trinajstić information content (AvgIpc) is 2.41. The molecule has 0 bridgehead atoms. The lowest BCUT2D eigenvalue weighted by molar-refractivity contribution is 0.412. The fourth-order valence-corrected chi connectivity index (χ4v) is 2.03. The third-order valence-corrected chi connectivity index (χ3v) is 3.12. The minimum Gasteiger partial charge on any atom is -0.495 e. The van der Waals surface area contributed by atoms with Crippen molar-refractivity contribution in [2.45, 2.75) is 6.04 Å². The lowest BCUT2D eigenvalue weighted by atomic mass is 10.0. The molecule has 5 heteroatoms. The molecular formula is C13H12BrFN2O. The van der Waals surface area contributed by atoms with Crippen LogP contribution in [0.1, 0.15) is 17.2 Å². The molecule has 1 atom stereocenters. The van der Waals surface area contributed by atoms with Gasteiger partial charge < -0.3 is 10.5 Å². The van der Waals surface area contributed by atoms with Crippen LogP contribution >= 0.6 is 15.9 Å². The van der Waals surface area contributed by atoms with E-state index < -0.39 is 6.04 Å². The van der Waals surface area contributed by atoms with Gasteiger partial charge in [0.05, 0.1) is 19.3 Å². The van der Waals surface area contributed by atoms with Crippen molar-refractivity contribution in [1.29, 1.82) is 0 Å². The summed E-state index contributed by atoms with van der Waals surface area (Å²) in [7, 11) is 1.55. The lowest BCUT2D eigenvalue weighted by Gasteiger charge is -2.14. The van der Waals surface area contributed by atoms with Crippen molar-refractivity contribution in [3.05, 3.63) is 58.1 Å². The van der Waals surface area contributed by atoms with Crippen LogP contribution in [0.3, 0.4) is 0 Å². The van der Waals surface area contributed by atoms with Crippen LogP contribution < -0.4 is 10.5 Å². The zero-order valence-corrected chi connectivity index (χ0v) is 11.3. The summed E-state index contributed by atoms with van der Waals surface area (Å²) in [4.78, 5) is 4.01. The van der Waals surface area contributed by atoms with E-state index in [1.807, 2.05) is 0 Å². The van der Waals surface area contributed by atoms with E-state index in [4.69, 9.17) is 10.5 Å². The van der Waals surface area contributed by atoms with Gasteiger partial charge in [-0.2, -0.15) is 0 Å². The number of benzene rings is 1. The van der Waals surface area contributed by atoms with E-state index in [0.717, 1.165) is 4.47 Å². The number of rotatable bonds is 3. The van der Waals surface area contributed by atoms with Gasteiger partial charge in [-0.1, -0.05) is 15.9 Å². The molecule has 0 amide bonds. The highest BCUT2D eigenvalue weighted by molar-refractivity contribution is 9.10. The molecule has 2 N–H and O–H groups in total. The Morgan fingerprint density at radius 3 is 2.83 bits per heavy atom. The second-order valence-electron chi connectivity index (χ2n) is 3.80. The summed E-state index contributed by atoms with van der Waals surface area (Å²) < 4.78 is 19.6. The number of pyridine rings is 1. The Morgan fingerprint density at radius 2 is 2.11 bits per heavy atom. The van der Waals surface area contributed by atoms with Crippen molar-refractivity contribution in [2.75, 3.05) is 7.11 Å². The minimum atomic E-state index is -0.579. The van der Waals surface area contributed by atoms with Gasteiger partial charge in [0.2, 0.25) is 0 Å². The SMILES string of the molecule is COc1cncc(C(N)c2cc(Br)ccc2F)c1. The molecular weight excluding hydrogens is 299 g/mol. The van der Waals surface area contributed by atoms with Crippen LogP contribution in [0, 0.1) is 5.82 Å². The molecule has 2 rings (SSSR count). The number of hydrogen-bond acceptors (Lipinski definition) is 3. The van der Waals surface area contributed by atoms with E-state index in [1.165, 1.54) is 6.07 Å². The van der Waals surface area contributed by atoms with Crippen molar-refractivity contribution in [1.82, 2.24) is 4.98 Å². The number of methoxy groups -OCH3 is 1. The normalized spacial score (nSPS) is 12.2. The lowest BCUT2D eigenvalue weighted by Crippen LogP contribution is -2.14. The largest absolute Gasteiger partial charge is 0.495 e. The summed E-state index contributed by atoms with van der Waals surface area (Å²) in [5.41, 5.74) is 7.17. The van der Waals surface area contributed by atoms with E-state index >= 15 is 0 Å². The standard InChI is InChI=1S/C13H12BrFN2O/c1-18-10-4-8(6-17-7-10)13(16)11-5-9(14)2-3-12(11)15/h2-7,13H,16H2,1H3. The number of hydrogen-bond donors (Lipinski definition) is 1. The number of halogens is 2. The highest BCUT2D eigenvalue weighted by atomic mass is 79.9. The predicted octanol–water partition coefficient (Wildman–Crippen LogP) is 3.04. The second kappa shape index (κ2) is 5.46. The highest BCUT2D eigenvalue weighted by Crippen LogP contribution is 2.26. The second-order valence-corrected chi connectivity index (χ2v) is 4.72. The van der Waals surface area contributed by atoms with Gasteiger partial charge in [-0.05, 0) is 29.8 Å². The Balaban J connectivity index is 2.40. The van der Waals surface area contributed by atoms with Crippen LogP contribution in [0.2, 0.25) is 0 Å². The Hall–Kier alpha value is -1.46. The number of ether oxygens (including phenoxy) is 1. The Morgan fingerprint density at radius 1 is 1.33 bits per heavy atom. The van der Waals surface area contributed by atoms with Crippen LogP contribution in [-0.2, 0) is 0 Å². The van der Waals surface area contributed by atoms with Crippen molar-refractivity contribution < 1.29 is 9.13 Å². The van der Waals surface area contributed by atoms with E-state index in [9.17, 15) is 4.39 Å². The van der Waals surface area contributed by atoms with Gasteiger partial charge in [0.25, 0.3) is 0 Å². The average molecular weight is 311 g/mol. The first-order valence-electron chi connectivity index (χ1n) is 5.31. The minimum absolute atomic E-state index is 0.339. The van der Waals surface area contributed by atoms with Gasteiger partial charge in [-0.3, -0.25) is 4.98 Å². The number of nitrogens with two attached hydrogens (primary N) is 1. The first kappa shape index (κ1) is 13.0. The highest BCUT2D eigenvalue weighted by Gasteiger charge is 2.15. The third-order valence-electron chi connectivity index (χ3n) is 2.62. The monoisotopic (exact) mass is 310 g/mol. The maximum absolute atomic E-state index is 13.7. The topological polar surface area (TPSA) is 48.1 Å². The summed E-state index contributed by atoms with van der Waals surface area (Å²) >= 11 is 3.30. The fraction of sp³-hybridized carbons (Fsp3) is 0.154. The predicted molar refractivity (Wildman–Crippen MR) is 70.9 cm³/mol. The molecule has 0 saturated heterocycles. The molecule has 1 unspecified atom stereocenters. The molecule has 1 heterocycles. The van der Waals surface area contributed by atoms with E-state index in [-0.39, 0.29) is 5.82 Å². The summed E-state index contributed by atoms with van der Waals surface area (Å²) in [5, 5.41) is 0. The molecule has 0 aliphatic heterocycles. The van der Waals surface area contributed by atoms with Crippen molar-refractivity contribution in [3.8, 4) is 5.75 Å². The molecule has 94 valence electrons. The van der Waals surface area contributed by atoms with E-state index in [0.29, 0.717) is 16.9 Å². The molecule has 0 fully saturated rings. The Kier molecular flexibility index (Phi) is 3.93. The molecule has 0 aliphatic rings. The van der Waals surface area contributed by atoms with Crippen LogP contribution in [0.25, 0.3) is 0 Å². The van der Waals surface area contributed by atoms with Gasteiger partial charge in [-0.15, -0.1) is 0 Å². The number of aromatic nitrogens is 1. The van der Waals surface area contributed by atoms with Gasteiger partial charge >= 0.3 is 0 Å². The summed E-state index contributed by atoms with van der Waals surface area (Å²) in [6.07, 6.45) is 3.18. The van der Waals surface area contributed by atoms with Crippen LogP contribution in [0.4, 0.5) is 4.39 Å². The molecule has 1 aromatic heterocycles. The van der Waals surface area contributed by atoms with Crippen molar-refractivity contribution in [3.63, 3.8) is 0 Å². The Bertz CT molecular complexity index is 562. The van der Waals surface area contributed by atoms with Crippen molar-refractivity contribution >= 4 is 15.9 Å². The molecule has 18 heavy (non-hydrogen) atoms. The summed E-state index contributed by atoms with van der Waals surface area (Å²) in [6, 6.07) is 5.85. The summed E-state index contributed by atoms with van der Waals surface area (Å²) in [5.74, 6) is 0.256. The van der Waals surface area contributed by atoms with E-state index in [2.05, 4.69) is 20.9 Å². The zero-order valence-electron chi connectivity index (χ0n) is 9.73. The summed E-state index contributed by atoms with van der Waals surface area (Å²) in [6.45, 7) is 0.